The van der Waals surface area contributed by atoms with Crippen molar-refractivity contribution in [3.8, 4) is 0 Å². The minimum Gasteiger partial charge on any atom is -0.395 e. The van der Waals surface area contributed by atoms with Crippen molar-refractivity contribution in [2.45, 2.75) is 26.3 Å². The van der Waals surface area contributed by atoms with E-state index in [1.807, 2.05) is 43.1 Å². The van der Waals surface area contributed by atoms with E-state index in [1.165, 1.54) is 4.68 Å². The lowest BCUT2D eigenvalue weighted by Gasteiger charge is -2.17. The van der Waals surface area contributed by atoms with Crippen LogP contribution in [0.25, 0.3) is 10.8 Å². The van der Waals surface area contributed by atoms with Crippen LogP contribution in [-0.2, 0) is 6.54 Å². The van der Waals surface area contributed by atoms with Crippen LogP contribution in [0.5, 0.6) is 0 Å². The molecule has 0 unspecified atom stereocenters. The first kappa shape index (κ1) is 22.2. The maximum absolute atomic E-state index is 12.8. The molecular weight excluding hydrogens is 394 g/mol. The number of aliphatic hydroxyl groups excluding tert-OH is 1. The number of aromatic nitrogens is 2. The maximum atomic E-state index is 12.8. The zero-order chi connectivity index (χ0) is 22.2. The van der Waals surface area contributed by atoms with Crippen molar-refractivity contribution in [1.82, 2.24) is 15.2 Å². The number of hydrogen-bond acceptors (Lipinski definition) is 6. The van der Waals surface area contributed by atoms with Gasteiger partial charge in [-0.25, -0.2) is 10.1 Å². The van der Waals surface area contributed by atoms with Crippen LogP contribution in [0.4, 0.5) is 5.69 Å². The van der Waals surface area contributed by atoms with Crippen LogP contribution in [0.3, 0.4) is 0 Å². The van der Waals surface area contributed by atoms with Crippen molar-refractivity contribution < 1.29 is 9.90 Å². The van der Waals surface area contributed by atoms with E-state index >= 15 is 0 Å². The fraction of sp³-hybridized carbons (Fsp3) is 0.304. The normalized spacial score (nSPS) is 11.2. The van der Waals surface area contributed by atoms with E-state index in [-0.39, 0.29) is 17.9 Å². The van der Waals surface area contributed by atoms with E-state index in [9.17, 15) is 9.59 Å². The number of fused-ring (bicyclic) bond motifs is 1. The summed E-state index contributed by atoms with van der Waals surface area (Å²) in [5.41, 5.74) is 4.27. The molecule has 3 rings (SSSR count). The van der Waals surface area contributed by atoms with E-state index < -0.39 is 5.91 Å². The largest absolute Gasteiger partial charge is 0.395 e. The Morgan fingerprint density at radius 1 is 1.19 bits per heavy atom. The molecule has 31 heavy (non-hydrogen) atoms. The number of likely N-dealkylation sites (N-methyl/N-ethyl adjacent to an activating group) is 1. The van der Waals surface area contributed by atoms with Gasteiger partial charge in [-0.05, 0) is 30.2 Å². The summed E-state index contributed by atoms with van der Waals surface area (Å²) in [6.07, 6.45) is 3.26. The van der Waals surface area contributed by atoms with Gasteiger partial charge in [-0.2, -0.15) is 10.2 Å². The van der Waals surface area contributed by atoms with Crippen LogP contribution < -0.4 is 15.9 Å². The van der Waals surface area contributed by atoms with E-state index in [2.05, 4.69) is 15.6 Å². The second-order valence-corrected chi connectivity index (χ2v) is 7.21. The van der Waals surface area contributed by atoms with Crippen LogP contribution in [0, 0.1) is 0 Å². The summed E-state index contributed by atoms with van der Waals surface area (Å²) in [7, 11) is 1.90. The summed E-state index contributed by atoms with van der Waals surface area (Å²) in [6.45, 7) is 3.12. The molecular formula is C23H27N5O3. The van der Waals surface area contributed by atoms with Gasteiger partial charge in [0.05, 0.1) is 18.2 Å². The molecule has 2 N–H and O–H groups in total. The van der Waals surface area contributed by atoms with E-state index in [1.54, 1.807) is 30.5 Å². The molecule has 0 saturated heterocycles. The predicted molar refractivity (Wildman–Crippen MR) is 123 cm³/mol. The number of nitrogens with zero attached hydrogens (tertiary/aromatic N) is 4. The maximum Gasteiger partial charge on any atom is 0.292 e. The molecule has 1 heterocycles. The van der Waals surface area contributed by atoms with Gasteiger partial charge in [-0.3, -0.25) is 9.59 Å². The first-order chi connectivity index (χ1) is 15.0. The van der Waals surface area contributed by atoms with Crippen LogP contribution in [0.15, 0.2) is 58.4 Å². The van der Waals surface area contributed by atoms with Crippen molar-refractivity contribution >= 4 is 28.6 Å². The van der Waals surface area contributed by atoms with Crippen LogP contribution in [-0.4, -0.2) is 47.2 Å². The third-order valence-corrected chi connectivity index (χ3v) is 4.96. The molecule has 1 aromatic heterocycles. The van der Waals surface area contributed by atoms with Crippen molar-refractivity contribution in [3.05, 3.63) is 70.1 Å². The van der Waals surface area contributed by atoms with Gasteiger partial charge in [-0.1, -0.05) is 43.7 Å². The van der Waals surface area contributed by atoms with Crippen molar-refractivity contribution in [2.75, 3.05) is 25.1 Å². The lowest BCUT2D eigenvalue weighted by Crippen LogP contribution is -2.29. The Labute approximate surface area is 180 Å². The molecule has 0 fully saturated rings. The van der Waals surface area contributed by atoms with E-state index in [4.69, 9.17) is 5.11 Å². The standard InChI is InChI=1S/C23H27N5O3/c1-3-4-13-28-23(31)20-8-6-5-7-19(20)21(26-28)22(30)25-24-16-17-9-11-18(12-10-17)27(2)14-15-29/h5-12,16,29H,3-4,13-15H2,1-2H3,(H,25,30)/b24-16+. The number of amides is 1. The SMILES string of the molecule is CCCCn1nc(C(=O)N/N=C/c2ccc(N(C)CCO)cc2)c2ccccc2c1=O. The average Bonchev–Trinajstić information content (AvgIpc) is 2.79. The molecule has 0 bridgehead atoms. The first-order valence-electron chi connectivity index (χ1n) is 10.3. The van der Waals surface area contributed by atoms with Gasteiger partial charge in [-0.15, -0.1) is 0 Å². The number of hydrogen-bond donors (Lipinski definition) is 2. The van der Waals surface area contributed by atoms with Crippen molar-refractivity contribution in [3.63, 3.8) is 0 Å². The third kappa shape index (κ3) is 5.35. The number of unbranched alkanes of at least 4 members (excludes halogenated alkanes) is 1. The summed E-state index contributed by atoms with van der Waals surface area (Å²) in [5.74, 6) is -0.475. The highest BCUT2D eigenvalue weighted by atomic mass is 16.3. The highest BCUT2D eigenvalue weighted by Gasteiger charge is 2.16. The number of hydrazone groups is 1. The Hall–Kier alpha value is -3.52. The molecule has 162 valence electrons. The molecule has 3 aromatic rings. The lowest BCUT2D eigenvalue weighted by molar-refractivity contribution is 0.0949. The number of anilines is 1. The molecule has 0 atom stereocenters. The highest BCUT2D eigenvalue weighted by molar-refractivity contribution is 6.04. The Morgan fingerprint density at radius 2 is 1.90 bits per heavy atom. The molecule has 1 amide bonds. The number of benzene rings is 2. The molecule has 0 aliphatic heterocycles. The number of aryl methyl sites for hydroxylation is 1. The third-order valence-electron chi connectivity index (χ3n) is 4.96. The average molecular weight is 422 g/mol. The molecule has 0 spiro atoms. The summed E-state index contributed by atoms with van der Waals surface area (Å²) < 4.78 is 1.35. The fourth-order valence-electron chi connectivity index (χ4n) is 3.17. The van der Waals surface area contributed by atoms with Crippen molar-refractivity contribution in [2.24, 2.45) is 5.10 Å². The Bertz CT molecular complexity index is 1120. The molecule has 2 aromatic carbocycles. The fourth-order valence-corrected chi connectivity index (χ4v) is 3.17. The van der Waals surface area contributed by atoms with Gasteiger partial charge in [0.2, 0.25) is 0 Å². The number of nitrogens with one attached hydrogen (secondary N) is 1. The molecule has 8 nitrogen and oxygen atoms in total. The van der Waals surface area contributed by atoms with Gasteiger partial charge in [0.15, 0.2) is 5.69 Å². The number of carbonyl (C=O) groups is 1. The highest BCUT2D eigenvalue weighted by Crippen LogP contribution is 2.14. The minimum absolute atomic E-state index is 0.0836. The summed E-state index contributed by atoms with van der Waals surface area (Å²) in [6, 6.07) is 14.5. The molecule has 0 aliphatic carbocycles. The molecule has 0 radical (unpaired) electrons. The second-order valence-electron chi connectivity index (χ2n) is 7.21. The monoisotopic (exact) mass is 421 g/mol. The van der Waals surface area contributed by atoms with Crippen molar-refractivity contribution in [1.29, 1.82) is 0 Å². The zero-order valence-corrected chi connectivity index (χ0v) is 17.8. The number of rotatable bonds is 9. The summed E-state index contributed by atoms with van der Waals surface area (Å²) >= 11 is 0. The van der Waals surface area contributed by atoms with Gasteiger partial charge >= 0.3 is 0 Å². The zero-order valence-electron chi connectivity index (χ0n) is 17.8. The second kappa shape index (κ2) is 10.5. The Morgan fingerprint density at radius 3 is 2.58 bits per heavy atom. The molecule has 0 aliphatic rings. The topological polar surface area (TPSA) is 99.8 Å². The molecule has 8 heteroatoms. The van der Waals surface area contributed by atoms with Gasteiger partial charge in [0.25, 0.3) is 11.5 Å². The number of carbonyl (C=O) groups excluding carboxylic acids is 1. The molecule has 0 saturated carbocycles. The van der Waals surface area contributed by atoms with E-state index in [0.29, 0.717) is 23.9 Å². The minimum atomic E-state index is -0.475. The van der Waals surface area contributed by atoms with Crippen LogP contribution >= 0.6 is 0 Å². The Kier molecular flexibility index (Phi) is 7.50. The first-order valence-corrected chi connectivity index (χ1v) is 10.3. The summed E-state index contributed by atoms with van der Waals surface area (Å²) in [5, 5.41) is 18.3. The van der Waals surface area contributed by atoms with Crippen LogP contribution in [0.1, 0.15) is 35.8 Å². The van der Waals surface area contributed by atoms with Gasteiger partial charge in [0, 0.05) is 31.2 Å². The predicted octanol–water partition coefficient (Wildman–Crippen LogP) is 2.39. The smallest absolute Gasteiger partial charge is 0.292 e. The van der Waals surface area contributed by atoms with Gasteiger partial charge in [0.1, 0.15) is 0 Å². The van der Waals surface area contributed by atoms with E-state index in [0.717, 1.165) is 24.1 Å². The number of aliphatic hydroxyl groups is 1. The Balaban J connectivity index is 1.78. The summed E-state index contributed by atoms with van der Waals surface area (Å²) in [4.78, 5) is 27.4. The quantitative estimate of drug-likeness (QED) is 0.408. The van der Waals surface area contributed by atoms with Crippen LogP contribution in [0.2, 0.25) is 0 Å². The lowest BCUT2D eigenvalue weighted by atomic mass is 10.1. The van der Waals surface area contributed by atoms with Gasteiger partial charge < -0.3 is 10.0 Å².